The zero-order valence-electron chi connectivity index (χ0n) is 17.9. The third-order valence-corrected chi connectivity index (χ3v) is 5.05. The second kappa shape index (κ2) is 9.69. The van der Waals surface area contributed by atoms with E-state index in [-0.39, 0.29) is 5.91 Å². The summed E-state index contributed by atoms with van der Waals surface area (Å²) >= 11 is 0. The van der Waals surface area contributed by atoms with Crippen LogP contribution in [0.2, 0.25) is 0 Å². The lowest BCUT2D eigenvalue weighted by atomic mass is 9.99. The average molecular weight is 438 g/mol. The molecule has 3 heterocycles. The quantitative estimate of drug-likeness (QED) is 0.313. The van der Waals surface area contributed by atoms with E-state index in [0.29, 0.717) is 18.1 Å². The molecule has 2 amide bonds. The van der Waals surface area contributed by atoms with E-state index in [1.807, 2.05) is 31.2 Å². The Labute approximate surface area is 190 Å². The first-order valence-electron chi connectivity index (χ1n) is 10.3. The molecular weight excluding hydrogens is 416 g/mol. The number of rotatable bonds is 6. The smallest absolute Gasteiger partial charge is 0.249 e. The summed E-state index contributed by atoms with van der Waals surface area (Å²) in [4.78, 5) is 36.7. The number of anilines is 2. The Kier molecular flexibility index (Phi) is 6.36. The first-order chi connectivity index (χ1) is 16.0. The van der Waals surface area contributed by atoms with E-state index in [2.05, 4.69) is 25.6 Å². The van der Waals surface area contributed by atoms with Crippen LogP contribution >= 0.6 is 0 Å². The van der Waals surface area contributed by atoms with Crippen LogP contribution in [0.25, 0.3) is 21.9 Å². The Morgan fingerprint density at radius 1 is 1.00 bits per heavy atom. The van der Waals surface area contributed by atoms with Crippen molar-refractivity contribution < 1.29 is 9.59 Å². The van der Waals surface area contributed by atoms with Crippen LogP contribution in [-0.2, 0) is 16.1 Å². The van der Waals surface area contributed by atoms with Crippen LogP contribution in [0.4, 0.5) is 11.5 Å². The summed E-state index contributed by atoms with van der Waals surface area (Å²) < 4.78 is 0. The van der Waals surface area contributed by atoms with Crippen molar-refractivity contribution >= 4 is 34.1 Å². The molecule has 0 saturated carbocycles. The van der Waals surface area contributed by atoms with E-state index in [0.717, 1.165) is 39.1 Å². The maximum Gasteiger partial charge on any atom is 0.249 e. The number of aromatic nitrogens is 3. The Morgan fingerprint density at radius 2 is 1.82 bits per heavy atom. The Hall–Kier alpha value is -4.59. The summed E-state index contributed by atoms with van der Waals surface area (Å²) in [7, 11) is 0. The molecule has 0 unspecified atom stereocenters. The molecule has 3 aromatic heterocycles. The second-order valence-corrected chi connectivity index (χ2v) is 7.45. The highest BCUT2D eigenvalue weighted by Gasteiger charge is 2.09. The van der Waals surface area contributed by atoms with Crippen molar-refractivity contribution in [1.29, 1.82) is 0 Å². The van der Waals surface area contributed by atoms with Crippen LogP contribution in [-0.4, -0.2) is 26.8 Å². The van der Waals surface area contributed by atoms with Gasteiger partial charge in [0.05, 0.1) is 0 Å². The first kappa shape index (κ1) is 21.6. The van der Waals surface area contributed by atoms with Gasteiger partial charge in [0.1, 0.15) is 5.82 Å². The molecule has 0 bridgehead atoms. The van der Waals surface area contributed by atoms with E-state index in [4.69, 9.17) is 5.73 Å². The minimum Gasteiger partial charge on any atom is -0.398 e. The topological polar surface area (TPSA) is 123 Å². The number of hydrogen-bond donors (Lipinski definition) is 3. The van der Waals surface area contributed by atoms with Gasteiger partial charge in [0, 0.05) is 66.3 Å². The van der Waals surface area contributed by atoms with Crippen molar-refractivity contribution in [2.24, 2.45) is 0 Å². The van der Waals surface area contributed by atoms with E-state index in [1.54, 1.807) is 43.1 Å². The molecule has 164 valence electrons. The number of aryl methyl sites for hydroxylation is 1. The molecule has 0 aliphatic carbocycles. The zero-order valence-corrected chi connectivity index (χ0v) is 17.9. The normalized spacial score (nSPS) is 10.9. The number of fused-ring (bicyclic) bond motifs is 1. The number of hydrogen-bond acceptors (Lipinski definition) is 6. The molecule has 4 aromatic rings. The van der Waals surface area contributed by atoms with Gasteiger partial charge < -0.3 is 16.4 Å². The summed E-state index contributed by atoms with van der Waals surface area (Å²) in [5.41, 5.74) is 10.7. The molecule has 0 spiro atoms. The van der Waals surface area contributed by atoms with Crippen LogP contribution in [0.3, 0.4) is 0 Å². The van der Waals surface area contributed by atoms with E-state index in [1.165, 1.54) is 6.08 Å². The third kappa shape index (κ3) is 5.37. The monoisotopic (exact) mass is 438 g/mol. The molecule has 4 N–H and O–H groups in total. The number of nitrogen functional groups attached to an aromatic ring is 1. The van der Waals surface area contributed by atoms with Crippen LogP contribution in [0.1, 0.15) is 11.1 Å². The van der Waals surface area contributed by atoms with Crippen molar-refractivity contribution in [3.05, 3.63) is 90.7 Å². The fraction of sp³-hybridized carbons (Fsp3) is 0.0800. The summed E-state index contributed by atoms with van der Waals surface area (Å²) in [6, 6.07) is 11.2. The summed E-state index contributed by atoms with van der Waals surface area (Å²) in [5.74, 6) is -0.497. The van der Waals surface area contributed by atoms with Gasteiger partial charge in [-0.15, -0.1) is 0 Å². The molecule has 4 rings (SSSR count). The summed E-state index contributed by atoms with van der Waals surface area (Å²) in [6.07, 6.45) is 10.8. The van der Waals surface area contributed by atoms with E-state index in [9.17, 15) is 9.59 Å². The van der Waals surface area contributed by atoms with Gasteiger partial charge >= 0.3 is 0 Å². The van der Waals surface area contributed by atoms with Crippen LogP contribution < -0.4 is 16.4 Å². The second-order valence-electron chi connectivity index (χ2n) is 7.45. The molecule has 0 radical (unpaired) electrons. The number of nitrogens with one attached hydrogen (secondary N) is 2. The minimum atomic E-state index is -0.467. The van der Waals surface area contributed by atoms with Gasteiger partial charge in [0.25, 0.3) is 0 Å². The number of pyridine rings is 3. The van der Waals surface area contributed by atoms with Gasteiger partial charge in [-0.1, -0.05) is 6.07 Å². The molecule has 8 heteroatoms. The van der Waals surface area contributed by atoms with Gasteiger partial charge in [-0.3, -0.25) is 19.6 Å². The molecule has 8 nitrogen and oxygen atoms in total. The third-order valence-electron chi connectivity index (χ3n) is 5.05. The molecule has 33 heavy (non-hydrogen) atoms. The first-order valence-corrected chi connectivity index (χ1v) is 10.3. The average Bonchev–Trinajstić information content (AvgIpc) is 2.82. The molecule has 0 fully saturated rings. The highest BCUT2D eigenvalue weighted by Crippen LogP contribution is 2.31. The van der Waals surface area contributed by atoms with Crippen molar-refractivity contribution in [3.8, 4) is 11.1 Å². The molecule has 0 aliphatic heterocycles. The molecule has 0 aliphatic rings. The standard InChI is InChI=1S/C25H22N6O2/c1-16-6-8-28-14-20(16)18-9-19-11-23(29-15-21(19)22(26)10-18)31-25(33)5-4-24(32)30-13-17-3-2-7-27-12-17/h2-12,14-15H,13,26H2,1H3,(H,30,32)(H,29,31,33)/b5-4-. The van der Waals surface area contributed by atoms with Gasteiger partial charge in [-0.25, -0.2) is 4.98 Å². The van der Waals surface area contributed by atoms with Gasteiger partial charge in [0.2, 0.25) is 11.8 Å². The van der Waals surface area contributed by atoms with Crippen LogP contribution in [0.5, 0.6) is 0 Å². The Balaban J connectivity index is 1.45. The highest BCUT2D eigenvalue weighted by atomic mass is 16.2. The SMILES string of the molecule is Cc1ccncc1-c1cc(N)c2cnc(NC(=O)/C=C\C(=O)NCc3cccnc3)cc2c1. The lowest BCUT2D eigenvalue weighted by molar-refractivity contribution is -0.117. The molecular formula is C25H22N6O2. The summed E-state index contributed by atoms with van der Waals surface area (Å²) in [5, 5.41) is 6.98. The van der Waals surface area contributed by atoms with Crippen molar-refractivity contribution in [3.63, 3.8) is 0 Å². The number of amides is 2. The number of carbonyl (C=O) groups excluding carboxylic acids is 2. The number of nitrogens with two attached hydrogens (primary N) is 1. The highest BCUT2D eigenvalue weighted by molar-refractivity contribution is 6.04. The van der Waals surface area contributed by atoms with Crippen molar-refractivity contribution in [2.45, 2.75) is 13.5 Å². The minimum absolute atomic E-state index is 0.324. The Morgan fingerprint density at radius 3 is 2.61 bits per heavy atom. The maximum atomic E-state index is 12.3. The molecule has 0 atom stereocenters. The molecule has 1 aromatic carbocycles. The number of nitrogens with zero attached hydrogens (tertiary/aromatic N) is 3. The Bertz CT molecular complexity index is 1350. The fourth-order valence-electron chi connectivity index (χ4n) is 3.35. The van der Waals surface area contributed by atoms with E-state index < -0.39 is 5.91 Å². The lowest BCUT2D eigenvalue weighted by Crippen LogP contribution is -2.21. The predicted octanol–water partition coefficient (Wildman–Crippen LogP) is 3.39. The van der Waals surface area contributed by atoms with Crippen molar-refractivity contribution in [2.75, 3.05) is 11.1 Å². The lowest BCUT2D eigenvalue weighted by Gasteiger charge is -2.10. The van der Waals surface area contributed by atoms with E-state index >= 15 is 0 Å². The number of carbonyl (C=O) groups is 2. The fourth-order valence-corrected chi connectivity index (χ4v) is 3.35. The number of benzene rings is 1. The maximum absolute atomic E-state index is 12.3. The van der Waals surface area contributed by atoms with Crippen LogP contribution in [0, 0.1) is 6.92 Å². The van der Waals surface area contributed by atoms with Crippen LogP contribution in [0.15, 0.2) is 79.5 Å². The van der Waals surface area contributed by atoms with Gasteiger partial charge in [-0.05, 0) is 59.3 Å². The largest absolute Gasteiger partial charge is 0.398 e. The molecule has 0 saturated heterocycles. The summed E-state index contributed by atoms with van der Waals surface area (Å²) in [6.45, 7) is 2.33. The zero-order chi connectivity index (χ0) is 23.2. The van der Waals surface area contributed by atoms with Crippen molar-refractivity contribution in [1.82, 2.24) is 20.3 Å². The van der Waals surface area contributed by atoms with Gasteiger partial charge in [-0.2, -0.15) is 0 Å². The predicted molar refractivity (Wildman–Crippen MR) is 128 cm³/mol. The van der Waals surface area contributed by atoms with Gasteiger partial charge in [0.15, 0.2) is 0 Å².